The van der Waals surface area contributed by atoms with Crippen molar-refractivity contribution in [3.05, 3.63) is 27.8 Å². The van der Waals surface area contributed by atoms with Crippen molar-refractivity contribution in [3.63, 3.8) is 0 Å². The fourth-order valence-electron chi connectivity index (χ4n) is 1.44. The number of benzene rings is 1. The summed E-state index contributed by atoms with van der Waals surface area (Å²) in [4.78, 5) is 10.0. The summed E-state index contributed by atoms with van der Waals surface area (Å²) >= 11 is 0. The molecule has 0 saturated carbocycles. The van der Waals surface area contributed by atoms with E-state index in [1.807, 2.05) is 0 Å². The minimum absolute atomic E-state index is 0.0782. The minimum atomic E-state index is -2.91. The highest BCUT2D eigenvalue weighted by Gasteiger charge is 2.28. The molecule has 0 amide bonds. The van der Waals surface area contributed by atoms with Crippen LogP contribution in [0, 0.1) is 10.1 Å². The van der Waals surface area contributed by atoms with Crippen LogP contribution >= 0.6 is 0 Å². The first kappa shape index (κ1) is 14.1. The Bertz CT molecular complexity index is 454. The predicted octanol–water partition coefficient (Wildman–Crippen LogP) is 1.88. The fraction of sp³-hybridized carbons (Fsp3) is 0.400. The summed E-state index contributed by atoms with van der Waals surface area (Å²) in [6, 6.07) is 0.342. The fourth-order valence-corrected chi connectivity index (χ4v) is 1.44. The largest absolute Gasteiger partial charge is 0.493 e. The third-order valence-corrected chi connectivity index (χ3v) is 2.36. The molecule has 1 atom stereocenters. The van der Waals surface area contributed by atoms with Gasteiger partial charge in [-0.25, -0.2) is 8.78 Å². The number of methoxy groups -OCH3 is 2. The summed E-state index contributed by atoms with van der Waals surface area (Å²) < 4.78 is 34.9. The smallest absolute Gasteiger partial charge is 0.278 e. The molecular formula is C10H12F2N2O4. The molecule has 0 heterocycles. The SMILES string of the molecule is COc1cc([C@@H](N)C(F)F)c([N+](=O)[O-])cc1OC. The topological polar surface area (TPSA) is 87.6 Å². The van der Waals surface area contributed by atoms with Crippen molar-refractivity contribution in [3.8, 4) is 11.5 Å². The van der Waals surface area contributed by atoms with Gasteiger partial charge in [-0.05, 0) is 6.07 Å². The van der Waals surface area contributed by atoms with Gasteiger partial charge in [0.05, 0.1) is 36.8 Å². The van der Waals surface area contributed by atoms with Gasteiger partial charge in [0.25, 0.3) is 12.1 Å². The summed E-state index contributed by atoms with van der Waals surface area (Å²) in [7, 11) is 2.58. The van der Waals surface area contributed by atoms with Gasteiger partial charge in [0.2, 0.25) is 0 Å². The van der Waals surface area contributed by atoms with Gasteiger partial charge < -0.3 is 15.2 Å². The maximum atomic E-state index is 12.6. The normalized spacial score (nSPS) is 12.3. The van der Waals surface area contributed by atoms with Crippen LogP contribution in [0.2, 0.25) is 0 Å². The Morgan fingerprint density at radius 3 is 2.17 bits per heavy atom. The van der Waals surface area contributed by atoms with Gasteiger partial charge in [-0.1, -0.05) is 0 Å². The number of rotatable bonds is 5. The first-order chi connectivity index (χ1) is 8.42. The summed E-state index contributed by atoms with van der Waals surface area (Å²) in [6.45, 7) is 0. The Balaban J connectivity index is 3.42. The number of ether oxygens (including phenoxy) is 2. The van der Waals surface area contributed by atoms with Crippen LogP contribution in [-0.4, -0.2) is 25.6 Å². The van der Waals surface area contributed by atoms with E-state index in [2.05, 4.69) is 0 Å². The monoisotopic (exact) mass is 262 g/mol. The lowest BCUT2D eigenvalue weighted by molar-refractivity contribution is -0.386. The van der Waals surface area contributed by atoms with E-state index >= 15 is 0 Å². The van der Waals surface area contributed by atoms with Crippen molar-refractivity contribution in [1.29, 1.82) is 0 Å². The minimum Gasteiger partial charge on any atom is -0.493 e. The average Bonchev–Trinajstić information content (AvgIpc) is 2.35. The second-order valence-corrected chi connectivity index (χ2v) is 3.38. The Kier molecular flexibility index (Phi) is 4.38. The quantitative estimate of drug-likeness (QED) is 0.646. The van der Waals surface area contributed by atoms with Crippen molar-refractivity contribution in [2.75, 3.05) is 14.2 Å². The van der Waals surface area contributed by atoms with Gasteiger partial charge >= 0.3 is 0 Å². The van der Waals surface area contributed by atoms with Crippen LogP contribution < -0.4 is 15.2 Å². The number of nitro benzene ring substituents is 1. The molecule has 0 aliphatic rings. The maximum absolute atomic E-state index is 12.6. The van der Waals surface area contributed by atoms with Gasteiger partial charge in [0.1, 0.15) is 0 Å². The Morgan fingerprint density at radius 2 is 1.78 bits per heavy atom. The molecule has 0 saturated heterocycles. The first-order valence-corrected chi connectivity index (χ1v) is 4.86. The Labute approximate surface area is 101 Å². The number of nitro groups is 1. The molecule has 1 aromatic rings. The van der Waals surface area contributed by atoms with Crippen LogP contribution in [0.3, 0.4) is 0 Å². The van der Waals surface area contributed by atoms with E-state index in [4.69, 9.17) is 15.2 Å². The third-order valence-electron chi connectivity index (χ3n) is 2.36. The number of alkyl halides is 2. The van der Waals surface area contributed by atoms with Crippen LogP contribution in [0.4, 0.5) is 14.5 Å². The zero-order valence-electron chi connectivity index (χ0n) is 9.72. The number of nitrogens with two attached hydrogens (primary N) is 1. The molecule has 0 fully saturated rings. The summed E-state index contributed by atoms with van der Waals surface area (Å²) in [5, 5.41) is 10.8. The zero-order valence-corrected chi connectivity index (χ0v) is 9.72. The molecule has 8 heteroatoms. The molecule has 100 valence electrons. The second-order valence-electron chi connectivity index (χ2n) is 3.38. The van der Waals surface area contributed by atoms with Gasteiger partial charge in [-0.2, -0.15) is 0 Å². The molecule has 0 aliphatic heterocycles. The van der Waals surface area contributed by atoms with Crippen LogP contribution in [0.25, 0.3) is 0 Å². The number of halogens is 2. The van der Waals surface area contributed by atoms with Gasteiger partial charge in [0, 0.05) is 0 Å². The van der Waals surface area contributed by atoms with Crippen LogP contribution in [0.1, 0.15) is 11.6 Å². The second kappa shape index (κ2) is 5.58. The third kappa shape index (κ3) is 2.65. The highest BCUT2D eigenvalue weighted by molar-refractivity contribution is 5.55. The van der Waals surface area contributed by atoms with Crippen LogP contribution in [0.5, 0.6) is 11.5 Å². The molecule has 0 bridgehead atoms. The summed E-state index contributed by atoms with van der Waals surface area (Å²) in [6.07, 6.45) is -2.91. The molecule has 0 radical (unpaired) electrons. The lowest BCUT2D eigenvalue weighted by Gasteiger charge is -2.14. The lowest BCUT2D eigenvalue weighted by Crippen LogP contribution is -2.20. The van der Waals surface area contributed by atoms with Crippen LogP contribution in [-0.2, 0) is 0 Å². The van der Waals surface area contributed by atoms with Crippen LogP contribution in [0.15, 0.2) is 12.1 Å². The Hall–Kier alpha value is -1.96. The van der Waals surface area contributed by atoms with E-state index < -0.39 is 23.1 Å². The maximum Gasteiger partial charge on any atom is 0.278 e. The molecule has 1 aromatic carbocycles. The van der Waals surface area contributed by atoms with E-state index in [1.54, 1.807) is 0 Å². The molecule has 18 heavy (non-hydrogen) atoms. The van der Waals surface area contributed by atoms with Crippen molar-refractivity contribution in [2.24, 2.45) is 5.73 Å². The molecule has 6 nitrogen and oxygen atoms in total. The van der Waals surface area contributed by atoms with Crippen molar-refractivity contribution in [2.45, 2.75) is 12.5 Å². The highest BCUT2D eigenvalue weighted by Crippen LogP contribution is 2.37. The van der Waals surface area contributed by atoms with Gasteiger partial charge in [-0.3, -0.25) is 10.1 Å². The summed E-state index contributed by atoms with van der Waals surface area (Å²) in [5.74, 6) is 0.184. The summed E-state index contributed by atoms with van der Waals surface area (Å²) in [5.41, 5.74) is 4.41. The standard InChI is InChI=1S/C10H12F2N2O4/c1-17-7-3-5(9(13)10(11)12)6(14(15)16)4-8(7)18-2/h3-4,9-10H,13H2,1-2H3/t9-/m1/s1. The molecule has 1 rings (SSSR count). The van der Waals surface area contributed by atoms with E-state index in [-0.39, 0.29) is 17.1 Å². The molecule has 0 aromatic heterocycles. The van der Waals surface area contributed by atoms with Crippen molar-refractivity contribution >= 4 is 5.69 Å². The molecule has 2 N–H and O–H groups in total. The highest BCUT2D eigenvalue weighted by atomic mass is 19.3. The van der Waals surface area contributed by atoms with E-state index in [1.165, 1.54) is 14.2 Å². The van der Waals surface area contributed by atoms with E-state index in [0.717, 1.165) is 12.1 Å². The number of hydrogen-bond donors (Lipinski definition) is 1. The average molecular weight is 262 g/mol. The number of hydrogen-bond acceptors (Lipinski definition) is 5. The number of nitrogens with zero attached hydrogens (tertiary/aromatic N) is 1. The lowest BCUT2D eigenvalue weighted by atomic mass is 10.0. The molecule has 0 aliphatic carbocycles. The van der Waals surface area contributed by atoms with Gasteiger partial charge in [-0.15, -0.1) is 0 Å². The predicted molar refractivity (Wildman–Crippen MR) is 59.1 cm³/mol. The van der Waals surface area contributed by atoms with Crippen molar-refractivity contribution < 1.29 is 23.2 Å². The van der Waals surface area contributed by atoms with E-state index in [9.17, 15) is 18.9 Å². The molecule has 0 spiro atoms. The van der Waals surface area contributed by atoms with Crippen molar-refractivity contribution in [1.82, 2.24) is 0 Å². The molecule has 0 unspecified atom stereocenters. The van der Waals surface area contributed by atoms with E-state index in [0.29, 0.717) is 0 Å². The molecular weight excluding hydrogens is 250 g/mol. The zero-order chi connectivity index (χ0) is 13.9. The van der Waals surface area contributed by atoms with Gasteiger partial charge in [0.15, 0.2) is 11.5 Å². The first-order valence-electron chi connectivity index (χ1n) is 4.86. The Morgan fingerprint density at radius 1 is 1.28 bits per heavy atom.